The van der Waals surface area contributed by atoms with E-state index in [0.717, 1.165) is 10.9 Å². The van der Waals surface area contributed by atoms with Crippen LogP contribution < -0.4 is 15.6 Å². The van der Waals surface area contributed by atoms with Crippen LogP contribution in [0.5, 0.6) is 5.75 Å². The number of carboxylic acid groups (broad SMARTS) is 1. The van der Waals surface area contributed by atoms with Gasteiger partial charge in [0.2, 0.25) is 0 Å². The van der Waals surface area contributed by atoms with Gasteiger partial charge in [-0.1, -0.05) is 12.1 Å². The van der Waals surface area contributed by atoms with Crippen LogP contribution in [0.1, 0.15) is 17.5 Å². The van der Waals surface area contributed by atoms with Gasteiger partial charge < -0.3 is 24.6 Å². The Morgan fingerprint density at radius 2 is 1.91 bits per heavy atom. The monoisotopic (exact) mass is 459 g/mol. The Balaban J connectivity index is 2.26. The summed E-state index contributed by atoms with van der Waals surface area (Å²) in [5.74, 6) is -0.496. The molecule has 0 saturated carbocycles. The number of carbonyl (C=O) groups is 1. The number of nitrogens with one attached hydrogen (secondary N) is 1. The lowest BCUT2D eigenvalue weighted by Crippen LogP contribution is -2.36. The van der Waals surface area contributed by atoms with Crippen molar-refractivity contribution in [1.29, 1.82) is 0 Å². The number of benzene rings is 1. The smallest absolute Gasteiger partial charge is 0.423 e. The molecule has 0 saturated heterocycles. The van der Waals surface area contributed by atoms with E-state index in [4.69, 9.17) is 19.3 Å². The third-order valence-corrected chi connectivity index (χ3v) is 4.33. The van der Waals surface area contributed by atoms with Gasteiger partial charge in [-0.15, -0.1) is 0 Å². The SMILES string of the molecule is COC[C@H](COCCC(=O)O)Nc1cnn(Cc2ccc(OC)cc2)c(=O)c1C(F)(F)F. The lowest BCUT2D eigenvalue weighted by atomic mass is 10.2. The Morgan fingerprint density at radius 3 is 2.47 bits per heavy atom. The highest BCUT2D eigenvalue weighted by Gasteiger charge is 2.38. The summed E-state index contributed by atoms with van der Waals surface area (Å²) in [6.07, 6.45) is -4.27. The Kier molecular flexibility index (Phi) is 9.02. The summed E-state index contributed by atoms with van der Waals surface area (Å²) >= 11 is 0. The van der Waals surface area contributed by atoms with Crippen LogP contribution in [-0.4, -0.2) is 60.9 Å². The second-order valence-corrected chi connectivity index (χ2v) is 6.76. The zero-order chi connectivity index (χ0) is 23.7. The number of ether oxygens (including phenoxy) is 3. The fourth-order valence-electron chi connectivity index (χ4n) is 2.83. The predicted molar refractivity (Wildman–Crippen MR) is 108 cm³/mol. The quantitative estimate of drug-likeness (QED) is 0.465. The summed E-state index contributed by atoms with van der Waals surface area (Å²) in [6, 6.07) is 5.72. The molecule has 0 aliphatic rings. The normalized spacial score (nSPS) is 12.4. The van der Waals surface area contributed by atoms with Crippen LogP contribution in [0.15, 0.2) is 35.3 Å². The summed E-state index contributed by atoms with van der Waals surface area (Å²) in [4.78, 5) is 23.2. The molecule has 0 radical (unpaired) electrons. The van der Waals surface area contributed by atoms with Crippen LogP contribution >= 0.6 is 0 Å². The minimum atomic E-state index is -4.94. The number of aliphatic carboxylic acids is 1. The maximum absolute atomic E-state index is 13.7. The zero-order valence-corrected chi connectivity index (χ0v) is 17.5. The van der Waals surface area contributed by atoms with Crippen molar-refractivity contribution < 1.29 is 37.3 Å². The van der Waals surface area contributed by atoms with Crippen LogP contribution in [0.2, 0.25) is 0 Å². The van der Waals surface area contributed by atoms with Gasteiger partial charge in [0.1, 0.15) is 11.3 Å². The fraction of sp³-hybridized carbons (Fsp3) is 0.450. The van der Waals surface area contributed by atoms with E-state index in [0.29, 0.717) is 11.3 Å². The Morgan fingerprint density at radius 1 is 1.22 bits per heavy atom. The molecule has 1 aromatic carbocycles. The van der Waals surface area contributed by atoms with Gasteiger partial charge in [0.15, 0.2) is 0 Å². The Labute approximate surface area is 181 Å². The summed E-state index contributed by atoms with van der Waals surface area (Å²) in [7, 11) is 2.83. The lowest BCUT2D eigenvalue weighted by Gasteiger charge is -2.22. The number of halogens is 3. The van der Waals surface area contributed by atoms with Crippen molar-refractivity contribution in [2.75, 3.05) is 39.4 Å². The number of carboxylic acids is 1. The molecular formula is C20H24F3N3O6. The van der Waals surface area contributed by atoms with Crippen LogP contribution in [0, 0.1) is 0 Å². The maximum atomic E-state index is 13.7. The minimum absolute atomic E-state index is 0.0424. The molecule has 32 heavy (non-hydrogen) atoms. The highest BCUT2D eigenvalue weighted by Crippen LogP contribution is 2.32. The van der Waals surface area contributed by atoms with E-state index >= 15 is 0 Å². The summed E-state index contributed by atoms with van der Waals surface area (Å²) in [6.45, 7) is -0.455. The van der Waals surface area contributed by atoms with E-state index < -0.39 is 35.0 Å². The van der Waals surface area contributed by atoms with Crippen molar-refractivity contribution >= 4 is 11.7 Å². The van der Waals surface area contributed by atoms with Crippen molar-refractivity contribution in [3.05, 3.63) is 51.9 Å². The molecule has 176 valence electrons. The van der Waals surface area contributed by atoms with Gasteiger partial charge in [0, 0.05) is 7.11 Å². The van der Waals surface area contributed by atoms with Crippen molar-refractivity contribution in [2.45, 2.75) is 25.2 Å². The van der Waals surface area contributed by atoms with Crippen molar-refractivity contribution in [3.8, 4) is 5.75 Å². The number of hydrogen-bond donors (Lipinski definition) is 2. The molecule has 1 aromatic heterocycles. The first kappa shape index (κ1) is 25.1. The van der Waals surface area contributed by atoms with Crippen molar-refractivity contribution in [2.24, 2.45) is 0 Å². The highest BCUT2D eigenvalue weighted by molar-refractivity contribution is 5.66. The zero-order valence-electron chi connectivity index (χ0n) is 17.5. The largest absolute Gasteiger partial charge is 0.497 e. The molecule has 0 aliphatic carbocycles. The number of nitrogens with zero attached hydrogens (tertiary/aromatic N) is 2. The molecule has 2 rings (SSSR count). The number of aromatic nitrogens is 2. The summed E-state index contributed by atoms with van der Waals surface area (Å²) in [5, 5.41) is 15.1. The van der Waals surface area contributed by atoms with E-state index in [1.54, 1.807) is 24.3 Å². The van der Waals surface area contributed by atoms with Gasteiger partial charge in [-0.2, -0.15) is 18.3 Å². The summed E-state index contributed by atoms with van der Waals surface area (Å²) < 4.78 is 57.1. The van der Waals surface area contributed by atoms with E-state index in [9.17, 15) is 22.8 Å². The van der Waals surface area contributed by atoms with E-state index in [-0.39, 0.29) is 32.8 Å². The average Bonchev–Trinajstić information content (AvgIpc) is 2.72. The molecule has 12 heteroatoms. The molecule has 0 fully saturated rings. The number of hydrogen-bond acceptors (Lipinski definition) is 7. The maximum Gasteiger partial charge on any atom is 0.423 e. The lowest BCUT2D eigenvalue weighted by molar-refractivity contribution is -0.139. The van der Waals surface area contributed by atoms with Gasteiger partial charge in [0.05, 0.1) is 57.8 Å². The van der Waals surface area contributed by atoms with Gasteiger partial charge in [-0.05, 0) is 17.7 Å². The molecule has 0 amide bonds. The van der Waals surface area contributed by atoms with Crippen LogP contribution in [-0.2, 0) is 27.0 Å². The van der Waals surface area contributed by atoms with Crippen molar-refractivity contribution in [3.63, 3.8) is 0 Å². The standard InChI is InChI=1S/C20H24F3N3O6/c1-30-11-14(12-32-8-7-17(27)28)25-16-9-24-26(19(29)18(16)20(21,22)23)10-13-3-5-15(31-2)6-4-13/h3-6,9,14,25H,7-8,10-12H2,1-2H3,(H,27,28)/t14-/m1/s1. The molecule has 0 aliphatic heterocycles. The first-order valence-electron chi connectivity index (χ1n) is 9.51. The van der Waals surface area contributed by atoms with Gasteiger partial charge in [-0.25, -0.2) is 4.68 Å². The Bertz CT molecular complexity index is 947. The second-order valence-electron chi connectivity index (χ2n) is 6.76. The van der Waals surface area contributed by atoms with Crippen LogP contribution in [0.25, 0.3) is 0 Å². The molecule has 0 spiro atoms. The van der Waals surface area contributed by atoms with Crippen molar-refractivity contribution in [1.82, 2.24) is 9.78 Å². The molecule has 2 aromatic rings. The predicted octanol–water partition coefficient (Wildman–Crippen LogP) is 2.24. The van der Waals surface area contributed by atoms with Crippen LogP contribution in [0.3, 0.4) is 0 Å². The van der Waals surface area contributed by atoms with Gasteiger partial charge in [0.25, 0.3) is 5.56 Å². The number of anilines is 1. The molecule has 1 atom stereocenters. The molecule has 0 bridgehead atoms. The average molecular weight is 459 g/mol. The Hall–Kier alpha value is -3.12. The molecule has 0 unspecified atom stereocenters. The third kappa shape index (κ3) is 7.24. The number of methoxy groups -OCH3 is 2. The molecular weight excluding hydrogens is 435 g/mol. The van der Waals surface area contributed by atoms with E-state index in [1.165, 1.54) is 14.2 Å². The van der Waals surface area contributed by atoms with E-state index in [2.05, 4.69) is 10.4 Å². The first-order valence-corrected chi connectivity index (χ1v) is 9.51. The first-order chi connectivity index (χ1) is 15.2. The fourth-order valence-corrected chi connectivity index (χ4v) is 2.83. The minimum Gasteiger partial charge on any atom is -0.497 e. The molecule has 2 N–H and O–H groups in total. The summed E-state index contributed by atoms with van der Waals surface area (Å²) in [5.41, 5.74) is -2.65. The van der Waals surface area contributed by atoms with Crippen LogP contribution in [0.4, 0.5) is 18.9 Å². The number of alkyl halides is 3. The van der Waals surface area contributed by atoms with E-state index in [1.807, 2.05) is 0 Å². The highest BCUT2D eigenvalue weighted by atomic mass is 19.4. The molecule has 9 nitrogen and oxygen atoms in total. The third-order valence-electron chi connectivity index (χ3n) is 4.33. The second kappa shape index (κ2) is 11.5. The topological polar surface area (TPSA) is 112 Å². The van der Waals surface area contributed by atoms with Gasteiger partial charge >= 0.3 is 12.1 Å². The number of rotatable bonds is 12. The van der Waals surface area contributed by atoms with Gasteiger partial charge in [-0.3, -0.25) is 9.59 Å². The molecule has 1 heterocycles.